The van der Waals surface area contributed by atoms with Crippen molar-refractivity contribution in [2.24, 2.45) is 11.8 Å². The summed E-state index contributed by atoms with van der Waals surface area (Å²) in [5.41, 5.74) is 0.754. The number of hydrogen-bond donors (Lipinski definition) is 1. The van der Waals surface area contributed by atoms with Crippen LogP contribution >= 0.6 is 0 Å². The molecule has 2 amide bonds. The quantitative estimate of drug-likeness (QED) is 0.915. The van der Waals surface area contributed by atoms with Crippen LogP contribution in [0.3, 0.4) is 0 Å². The summed E-state index contributed by atoms with van der Waals surface area (Å²) in [6.45, 7) is 2.22. The Morgan fingerprint density at radius 2 is 1.91 bits per heavy atom. The van der Waals surface area contributed by atoms with Gasteiger partial charge in [0.15, 0.2) is 0 Å². The first-order valence-corrected chi connectivity index (χ1v) is 8.33. The topological polar surface area (TPSA) is 58.6 Å². The van der Waals surface area contributed by atoms with Crippen molar-refractivity contribution < 1.29 is 14.3 Å². The largest absolute Gasteiger partial charge is 0.497 e. The van der Waals surface area contributed by atoms with E-state index in [1.165, 1.54) is 0 Å². The summed E-state index contributed by atoms with van der Waals surface area (Å²) < 4.78 is 5.20. The summed E-state index contributed by atoms with van der Waals surface area (Å²) in [5.74, 6) is 1.93. The van der Waals surface area contributed by atoms with Gasteiger partial charge in [-0.2, -0.15) is 0 Å². The predicted octanol–water partition coefficient (Wildman–Crippen LogP) is 1.32. The zero-order valence-corrected chi connectivity index (χ0v) is 13.4. The highest BCUT2D eigenvalue weighted by atomic mass is 16.5. The normalized spacial score (nSPS) is 28.0. The van der Waals surface area contributed by atoms with E-state index in [-0.39, 0.29) is 17.2 Å². The fraction of sp³-hybridized carbons (Fsp3) is 0.556. The van der Waals surface area contributed by atoms with Gasteiger partial charge in [-0.15, -0.1) is 0 Å². The van der Waals surface area contributed by atoms with Crippen LogP contribution in [0.25, 0.3) is 0 Å². The standard InChI is InChI=1S/C18H22N2O3/c1-23-15-4-2-14(3-5-15)18(6-7-18)17(22)20-10-12-8-16(21)19-9-13(12)11-20/h2-5,12-13H,6-11H2,1H3,(H,19,21)/t12-,13+/m0/s1. The first kappa shape index (κ1) is 14.5. The van der Waals surface area contributed by atoms with Crippen LogP contribution in [0.4, 0.5) is 0 Å². The molecule has 1 aromatic carbocycles. The van der Waals surface area contributed by atoms with Crippen molar-refractivity contribution in [3.63, 3.8) is 0 Å². The number of methoxy groups -OCH3 is 1. The Bertz CT molecular complexity index is 636. The molecule has 5 nitrogen and oxygen atoms in total. The highest BCUT2D eigenvalue weighted by molar-refractivity contribution is 5.91. The van der Waals surface area contributed by atoms with Crippen LogP contribution in [-0.4, -0.2) is 43.5 Å². The van der Waals surface area contributed by atoms with E-state index in [1.54, 1.807) is 7.11 Å². The van der Waals surface area contributed by atoms with Gasteiger partial charge < -0.3 is 15.0 Å². The maximum absolute atomic E-state index is 13.1. The van der Waals surface area contributed by atoms with Gasteiger partial charge in [0.2, 0.25) is 11.8 Å². The van der Waals surface area contributed by atoms with Crippen molar-refractivity contribution in [1.82, 2.24) is 10.2 Å². The highest BCUT2D eigenvalue weighted by Gasteiger charge is 2.54. The van der Waals surface area contributed by atoms with Gasteiger partial charge in [-0.1, -0.05) is 12.1 Å². The minimum absolute atomic E-state index is 0.122. The molecule has 0 radical (unpaired) electrons. The maximum atomic E-state index is 13.1. The second-order valence-electron chi connectivity index (χ2n) is 7.05. The zero-order valence-electron chi connectivity index (χ0n) is 13.4. The predicted molar refractivity (Wildman–Crippen MR) is 85.1 cm³/mol. The van der Waals surface area contributed by atoms with E-state index in [0.29, 0.717) is 24.8 Å². The molecule has 2 atom stereocenters. The van der Waals surface area contributed by atoms with Crippen molar-refractivity contribution in [3.8, 4) is 5.75 Å². The summed E-state index contributed by atoms with van der Waals surface area (Å²) in [6, 6.07) is 7.87. The molecule has 3 fully saturated rings. The number of likely N-dealkylation sites (tertiary alicyclic amines) is 1. The van der Waals surface area contributed by atoms with Crippen molar-refractivity contribution in [2.75, 3.05) is 26.7 Å². The van der Waals surface area contributed by atoms with Crippen LogP contribution in [0.5, 0.6) is 5.75 Å². The smallest absolute Gasteiger partial charge is 0.233 e. The molecule has 0 aromatic heterocycles. The number of piperidine rings is 1. The minimum Gasteiger partial charge on any atom is -0.497 e. The number of carbonyl (C=O) groups is 2. The SMILES string of the molecule is COc1ccc(C2(C(=O)N3C[C@H]4CNC(=O)C[C@H]4C3)CC2)cc1. The van der Waals surface area contributed by atoms with E-state index < -0.39 is 0 Å². The molecule has 5 heteroatoms. The van der Waals surface area contributed by atoms with E-state index in [0.717, 1.165) is 37.2 Å². The van der Waals surface area contributed by atoms with E-state index in [2.05, 4.69) is 5.32 Å². The lowest BCUT2D eigenvalue weighted by Crippen LogP contribution is -2.40. The lowest BCUT2D eigenvalue weighted by Gasteiger charge is -2.23. The van der Waals surface area contributed by atoms with E-state index in [4.69, 9.17) is 4.74 Å². The molecule has 0 spiro atoms. The third-order valence-corrected chi connectivity index (χ3v) is 5.67. The first-order chi connectivity index (χ1) is 11.1. The molecule has 122 valence electrons. The Labute approximate surface area is 136 Å². The molecular weight excluding hydrogens is 292 g/mol. The minimum atomic E-state index is -0.336. The Morgan fingerprint density at radius 3 is 2.57 bits per heavy atom. The second-order valence-corrected chi connectivity index (χ2v) is 7.05. The molecule has 2 aliphatic heterocycles. The molecule has 0 unspecified atom stereocenters. The van der Waals surface area contributed by atoms with Crippen molar-refractivity contribution in [3.05, 3.63) is 29.8 Å². The fourth-order valence-electron chi connectivity index (χ4n) is 4.09. The Morgan fingerprint density at radius 1 is 1.22 bits per heavy atom. The number of benzene rings is 1. The molecule has 3 aliphatic rings. The van der Waals surface area contributed by atoms with E-state index in [1.807, 2.05) is 29.2 Å². The van der Waals surface area contributed by atoms with Gasteiger partial charge in [-0.3, -0.25) is 9.59 Å². The van der Waals surface area contributed by atoms with Crippen LogP contribution in [0.15, 0.2) is 24.3 Å². The number of amides is 2. The summed E-state index contributed by atoms with van der Waals surface area (Å²) in [6.07, 6.45) is 2.40. The molecule has 0 bridgehead atoms. The molecule has 1 saturated carbocycles. The lowest BCUT2D eigenvalue weighted by atomic mass is 9.89. The molecule has 1 aromatic rings. The molecule has 23 heavy (non-hydrogen) atoms. The molecule has 2 saturated heterocycles. The van der Waals surface area contributed by atoms with Gasteiger partial charge in [0.05, 0.1) is 12.5 Å². The number of carbonyl (C=O) groups excluding carboxylic acids is 2. The van der Waals surface area contributed by atoms with Gasteiger partial charge >= 0.3 is 0 Å². The number of rotatable bonds is 3. The van der Waals surface area contributed by atoms with Crippen molar-refractivity contribution in [2.45, 2.75) is 24.7 Å². The summed E-state index contributed by atoms with van der Waals surface area (Å²) in [4.78, 5) is 26.6. The van der Waals surface area contributed by atoms with Crippen LogP contribution in [0, 0.1) is 11.8 Å². The third kappa shape index (κ3) is 2.38. The zero-order chi connectivity index (χ0) is 16.0. The first-order valence-electron chi connectivity index (χ1n) is 8.33. The number of ether oxygens (including phenoxy) is 1. The summed E-state index contributed by atoms with van der Waals surface area (Å²) in [7, 11) is 1.65. The van der Waals surface area contributed by atoms with E-state index in [9.17, 15) is 9.59 Å². The van der Waals surface area contributed by atoms with Crippen molar-refractivity contribution >= 4 is 11.8 Å². The number of hydrogen-bond acceptors (Lipinski definition) is 3. The average Bonchev–Trinajstić information content (AvgIpc) is 3.28. The maximum Gasteiger partial charge on any atom is 0.233 e. The molecule has 2 heterocycles. The second kappa shape index (κ2) is 5.25. The fourth-order valence-corrected chi connectivity index (χ4v) is 4.09. The van der Waals surface area contributed by atoms with Crippen molar-refractivity contribution in [1.29, 1.82) is 0 Å². The average molecular weight is 314 g/mol. The summed E-state index contributed by atoms with van der Waals surface area (Å²) in [5, 5.41) is 2.92. The van der Waals surface area contributed by atoms with Gasteiger partial charge in [-0.05, 0) is 42.4 Å². The van der Waals surface area contributed by atoms with Crippen LogP contribution in [-0.2, 0) is 15.0 Å². The Hall–Kier alpha value is -2.04. The Balaban J connectivity index is 1.51. The number of nitrogens with zero attached hydrogens (tertiary/aromatic N) is 1. The molecule has 1 aliphatic carbocycles. The van der Waals surface area contributed by atoms with Gasteiger partial charge in [-0.25, -0.2) is 0 Å². The number of nitrogens with one attached hydrogen (secondary N) is 1. The highest BCUT2D eigenvalue weighted by Crippen LogP contribution is 2.50. The van der Waals surface area contributed by atoms with Gasteiger partial charge in [0.25, 0.3) is 0 Å². The van der Waals surface area contributed by atoms with E-state index >= 15 is 0 Å². The molecule has 1 N–H and O–H groups in total. The number of fused-ring (bicyclic) bond motifs is 1. The van der Waals surface area contributed by atoms with Crippen LogP contribution in [0.1, 0.15) is 24.8 Å². The van der Waals surface area contributed by atoms with Crippen LogP contribution in [0.2, 0.25) is 0 Å². The molecular formula is C18H22N2O3. The molecule has 4 rings (SSSR count). The summed E-state index contributed by atoms with van der Waals surface area (Å²) >= 11 is 0. The monoisotopic (exact) mass is 314 g/mol. The third-order valence-electron chi connectivity index (χ3n) is 5.67. The van der Waals surface area contributed by atoms with Gasteiger partial charge in [0, 0.05) is 26.1 Å². The van der Waals surface area contributed by atoms with Crippen LogP contribution < -0.4 is 10.1 Å². The Kier molecular flexibility index (Phi) is 3.32. The van der Waals surface area contributed by atoms with Gasteiger partial charge in [0.1, 0.15) is 5.75 Å². The lowest BCUT2D eigenvalue weighted by molar-refractivity contribution is -0.133.